The fourth-order valence-corrected chi connectivity index (χ4v) is 9.13. The number of fused-ring (bicyclic) bond motifs is 6. The number of rotatable bonds is 7. The molecule has 3 aromatic heterocycles. The van der Waals surface area contributed by atoms with Crippen molar-refractivity contribution in [1.29, 1.82) is 0 Å². The summed E-state index contributed by atoms with van der Waals surface area (Å²) in [6.45, 7) is 24.0. The van der Waals surface area contributed by atoms with Gasteiger partial charge in [0.1, 0.15) is 0 Å². The van der Waals surface area contributed by atoms with Crippen molar-refractivity contribution in [1.82, 2.24) is 18.8 Å². The second-order valence-corrected chi connectivity index (χ2v) is 17.3. The quantitative estimate of drug-likeness (QED) is 0.0909. The second kappa shape index (κ2) is 12.9. The van der Waals surface area contributed by atoms with Crippen molar-refractivity contribution in [3.05, 3.63) is 114 Å². The number of benzene rings is 4. The van der Waals surface area contributed by atoms with Gasteiger partial charge in [0, 0.05) is 64.5 Å². The molecule has 5 heterocycles. The Bertz CT molecular complexity index is 2570. The Morgan fingerprint density at radius 2 is 1.46 bits per heavy atom. The summed E-state index contributed by atoms with van der Waals surface area (Å²) in [7, 11) is 0. The van der Waals surface area contributed by atoms with Gasteiger partial charge in [0.25, 0.3) is 0 Å². The Kier molecular flexibility index (Phi) is 8.73. The number of nitrogens with zero attached hydrogens (tertiary/aromatic N) is 5. The summed E-state index contributed by atoms with van der Waals surface area (Å²) in [4.78, 5) is 12.6. The first-order valence-electron chi connectivity index (χ1n) is 19.3. The molecule has 8 heteroatoms. The summed E-state index contributed by atoms with van der Waals surface area (Å²) in [5.41, 5.74) is 10.8. The SMILES string of the molecule is CC(C)CN1B(c2c(C(C)C)cccc2C(C)C)n2ccnc2-c2[c-]c(Oc3[c-]c4c(cc3)c3cccc5c3n3c(cnc43)C(C)(C)C5(C)C)ccc21.[Pt+2]. The maximum absolute atomic E-state index is 6.65. The van der Waals surface area contributed by atoms with E-state index in [4.69, 9.17) is 14.7 Å². The Morgan fingerprint density at radius 3 is 2.17 bits per heavy atom. The van der Waals surface area contributed by atoms with Crippen LogP contribution < -0.4 is 15.0 Å². The smallest absolute Gasteiger partial charge is 0.497 e. The molecular formula is C46H48BN5OPt. The molecule has 0 amide bonds. The van der Waals surface area contributed by atoms with E-state index >= 15 is 0 Å². The molecule has 0 saturated heterocycles. The van der Waals surface area contributed by atoms with Crippen molar-refractivity contribution < 1.29 is 25.8 Å². The standard InChI is InChI=1S/C46H48BN5O.Pt/c1-27(2)26-51-39-20-18-31(24-37(39)43-48-21-22-50(43)47(51)41-32(28(3)4)13-11-14-33(41)29(5)6)53-30-17-19-34-35-15-12-16-38-42(35)52-40(46(9,10)45(38,7)8)25-49-44(52)36(34)23-30;/h11-22,25,27-29H,26H2,1-10H3;/q-2;+2. The van der Waals surface area contributed by atoms with Crippen LogP contribution in [0.15, 0.2) is 79.3 Å². The predicted octanol–water partition coefficient (Wildman–Crippen LogP) is 10.4. The normalized spacial score (nSPS) is 15.5. The molecule has 0 atom stereocenters. The third-order valence-electron chi connectivity index (χ3n) is 12.4. The molecule has 0 saturated carbocycles. The molecule has 0 bridgehead atoms. The number of aromatic nitrogens is 4. The summed E-state index contributed by atoms with van der Waals surface area (Å²) >= 11 is 0. The maximum Gasteiger partial charge on any atom is 2.00 e. The van der Waals surface area contributed by atoms with Gasteiger partial charge in [0.15, 0.2) is 0 Å². The number of imidazole rings is 2. The first-order valence-corrected chi connectivity index (χ1v) is 19.3. The molecule has 0 unspecified atom stereocenters. The average Bonchev–Trinajstić information content (AvgIpc) is 3.80. The topological polar surface area (TPSA) is 47.6 Å². The van der Waals surface area contributed by atoms with E-state index in [0.717, 1.165) is 40.0 Å². The van der Waals surface area contributed by atoms with E-state index in [9.17, 15) is 0 Å². The van der Waals surface area contributed by atoms with Gasteiger partial charge in [-0.2, -0.15) is 0 Å². The van der Waals surface area contributed by atoms with E-state index < -0.39 is 0 Å². The largest absolute Gasteiger partial charge is 2.00 e. The van der Waals surface area contributed by atoms with Crippen LogP contribution in [0, 0.1) is 18.1 Å². The molecule has 0 radical (unpaired) electrons. The van der Waals surface area contributed by atoms with E-state index in [2.05, 4.69) is 162 Å². The number of hydrogen-bond donors (Lipinski definition) is 0. The van der Waals surface area contributed by atoms with Crippen molar-refractivity contribution in [2.75, 3.05) is 11.4 Å². The van der Waals surface area contributed by atoms with Crippen molar-refractivity contribution in [3.63, 3.8) is 0 Å². The Hall–Kier alpha value is -4.35. The Labute approximate surface area is 334 Å². The Morgan fingerprint density at radius 1 is 0.778 bits per heavy atom. The molecule has 2 aliphatic rings. The van der Waals surface area contributed by atoms with Crippen LogP contribution in [-0.4, -0.2) is 32.4 Å². The molecule has 0 spiro atoms. The molecule has 7 aromatic rings. The molecule has 54 heavy (non-hydrogen) atoms. The molecule has 9 rings (SSSR count). The third kappa shape index (κ3) is 5.17. The zero-order chi connectivity index (χ0) is 37.1. The van der Waals surface area contributed by atoms with Crippen LogP contribution >= 0.6 is 0 Å². The van der Waals surface area contributed by atoms with E-state index in [-0.39, 0.29) is 38.9 Å². The van der Waals surface area contributed by atoms with Crippen molar-refractivity contribution in [2.24, 2.45) is 5.92 Å². The van der Waals surface area contributed by atoms with E-state index in [1.165, 1.54) is 38.8 Å². The molecule has 4 aromatic carbocycles. The predicted molar refractivity (Wildman–Crippen MR) is 219 cm³/mol. The van der Waals surface area contributed by atoms with Crippen molar-refractivity contribution >= 4 is 45.5 Å². The zero-order valence-electron chi connectivity index (χ0n) is 33.0. The van der Waals surface area contributed by atoms with E-state index in [0.29, 0.717) is 29.3 Å². The van der Waals surface area contributed by atoms with Gasteiger partial charge in [-0.05, 0) is 45.3 Å². The van der Waals surface area contributed by atoms with Crippen LogP contribution in [0.4, 0.5) is 5.69 Å². The second-order valence-electron chi connectivity index (χ2n) is 17.3. The molecular weight excluding hydrogens is 844 g/mol. The van der Waals surface area contributed by atoms with Gasteiger partial charge in [-0.3, -0.25) is 9.97 Å². The Balaban J connectivity index is 0.00000413. The molecule has 0 aliphatic carbocycles. The van der Waals surface area contributed by atoms with Gasteiger partial charge in [0.2, 0.25) is 0 Å². The van der Waals surface area contributed by atoms with Gasteiger partial charge in [-0.1, -0.05) is 152 Å². The fraction of sp³-hybridized carbons (Fsp3) is 0.348. The third-order valence-corrected chi connectivity index (χ3v) is 12.4. The maximum atomic E-state index is 6.65. The summed E-state index contributed by atoms with van der Waals surface area (Å²) in [6, 6.07) is 29.3. The van der Waals surface area contributed by atoms with Gasteiger partial charge < -0.3 is 18.4 Å². The first-order chi connectivity index (χ1) is 25.3. The van der Waals surface area contributed by atoms with Gasteiger partial charge in [-0.25, -0.2) is 0 Å². The number of ether oxygens (including phenoxy) is 1. The summed E-state index contributed by atoms with van der Waals surface area (Å²) in [5.74, 6) is 3.38. The van der Waals surface area contributed by atoms with Crippen LogP contribution in [0.5, 0.6) is 11.5 Å². The minimum Gasteiger partial charge on any atom is -0.497 e. The minimum absolute atomic E-state index is 0. The van der Waals surface area contributed by atoms with Gasteiger partial charge in [-0.15, -0.1) is 12.1 Å². The number of hydrogen-bond acceptors (Lipinski definition) is 4. The number of para-hydroxylation sites is 1. The average molecular weight is 893 g/mol. The van der Waals surface area contributed by atoms with Crippen molar-refractivity contribution in [3.8, 4) is 22.9 Å². The fourth-order valence-electron chi connectivity index (χ4n) is 9.13. The summed E-state index contributed by atoms with van der Waals surface area (Å²) in [6.07, 6.45) is 6.12. The molecule has 6 nitrogen and oxygen atoms in total. The van der Waals surface area contributed by atoms with E-state index in [1.807, 2.05) is 12.3 Å². The minimum atomic E-state index is -0.116. The van der Waals surface area contributed by atoms with Crippen LogP contribution in [0.1, 0.15) is 103 Å². The number of pyridine rings is 1. The first kappa shape index (κ1) is 36.6. The van der Waals surface area contributed by atoms with Gasteiger partial charge in [0.05, 0.1) is 5.65 Å². The van der Waals surface area contributed by atoms with Crippen LogP contribution in [0.25, 0.3) is 38.7 Å². The summed E-state index contributed by atoms with van der Waals surface area (Å²) in [5, 5.41) is 3.30. The molecule has 0 N–H and O–H groups in total. The molecule has 276 valence electrons. The van der Waals surface area contributed by atoms with Gasteiger partial charge >= 0.3 is 28.0 Å². The van der Waals surface area contributed by atoms with Crippen LogP contribution in [0.2, 0.25) is 0 Å². The molecule has 2 aliphatic heterocycles. The van der Waals surface area contributed by atoms with Crippen LogP contribution in [-0.2, 0) is 31.9 Å². The summed E-state index contributed by atoms with van der Waals surface area (Å²) < 4.78 is 11.4. The van der Waals surface area contributed by atoms with E-state index in [1.54, 1.807) is 0 Å². The monoisotopic (exact) mass is 892 g/mol. The molecule has 0 fully saturated rings. The van der Waals surface area contributed by atoms with Crippen molar-refractivity contribution in [2.45, 2.75) is 91.9 Å². The number of anilines is 1. The zero-order valence-corrected chi connectivity index (χ0v) is 35.3. The van der Waals surface area contributed by atoms with Crippen LogP contribution in [0.3, 0.4) is 0 Å².